The third kappa shape index (κ3) is 5.77. The number of anilines is 1. The van der Waals surface area contributed by atoms with Gasteiger partial charge in [0.25, 0.3) is 0 Å². The van der Waals surface area contributed by atoms with Gasteiger partial charge in [-0.25, -0.2) is 0 Å². The predicted octanol–water partition coefficient (Wildman–Crippen LogP) is 3.26. The molecule has 1 heterocycles. The number of carbonyl (C=O) groups excluding carboxylic acids is 1. The number of nitrogens with one attached hydrogen (secondary N) is 1. The van der Waals surface area contributed by atoms with Crippen molar-refractivity contribution in [2.24, 2.45) is 5.41 Å². The molecule has 5 heteroatoms. The van der Waals surface area contributed by atoms with Gasteiger partial charge >= 0.3 is 0 Å². The van der Waals surface area contributed by atoms with Crippen LogP contribution in [0.25, 0.3) is 0 Å². The molecule has 0 aliphatic carbocycles. The lowest BCUT2D eigenvalue weighted by molar-refractivity contribution is -0.116. The van der Waals surface area contributed by atoms with Crippen LogP contribution in [0, 0.1) is 5.41 Å². The first-order valence-electron chi connectivity index (χ1n) is 6.03. The lowest BCUT2D eigenvalue weighted by atomic mass is 9.93. The van der Waals surface area contributed by atoms with E-state index in [9.17, 15) is 4.79 Å². The largest absolute Gasteiger partial charge is 0.301 e. The number of unbranched alkanes of at least 4 members (excludes halogenated alkanes) is 1. The van der Waals surface area contributed by atoms with Gasteiger partial charge in [-0.15, -0.1) is 10.2 Å². The van der Waals surface area contributed by atoms with E-state index in [0.717, 1.165) is 24.3 Å². The summed E-state index contributed by atoms with van der Waals surface area (Å²) in [7, 11) is 0. The molecule has 0 fully saturated rings. The molecule has 0 saturated carbocycles. The molecule has 0 unspecified atom stereocenters. The zero-order valence-electron chi connectivity index (χ0n) is 11.0. The Morgan fingerprint density at radius 1 is 1.35 bits per heavy atom. The fraction of sp³-hybridized carbons (Fsp3) is 0.750. The molecule has 0 atom stereocenters. The summed E-state index contributed by atoms with van der Waals surface area (Å²) < 4.78 is 0. The number of hydrogen-bond donors (Lipinski definition) is 1. The zero-order chi connectivity index (χ0) is 12.9. The molecule has 17 heavy (non-hydrogen) atoms. The maximum Gasteiger partial charge on any atom is 0.226 e. The van der Waals surface area contributed by atoms with Gasteiger partial charge in [0.05, 0.1) is 0 Å². The Hall–Kier alpha value is -0.970. The summed E-state index contributed by atoms with van der Waals surface area (Å²) in [5, 5.41) is 12.5. The van der Waals surface area contributed by atoms with E-state index in [0.29, 0.717) is 11.6 Å². The van der Waals surface area contributed by atoms with Crippen LogP contribution in [0.1, 0.15) is 52.0 Å². The number of hydrogen-bond acceptors (Lipinski definition) is 4. The molecular formula is C12H21N3OS. The quantitative estimate of drug-likeness (QED) is 0.878. The highest BCUT2D eigenvalue weighted by molar-refractivity contribution is 7.15. The van der Waals surface area contributed by atoms with Gasteiger partial charge in [0, 0.05) is 12.8 Å². The SMILES string of the molecule is CCCCC(=O)Nc1nnc(CC(C)(C)C)s1. The molecular weight excluding hydrogens is 234 g/mol. The van der Waals surface area contributed by atoms with Gasteiger partial charge in [0.1, 0.15) is 5.01 Å². The van der Waals surface area contributed by atoms with Gasteiger partial charge in [0.15, 0.2) is 0 Å². The Balaban J connectivity index is 2.48. The number of nitrogens with zero attached hydrogens (tertiary/aromatic N) is 2. The van der Waals surface area contributed by atoms with Crippen molar-refractivity contribution in [3.8, 4) is 0 Å². The minimum absolute atomic E-state index is 0.0327. The second kappa shape index (κ2) is 6.10. The Morgan fingerprint density at radius 3 is 2.65 bits per heavy atom. The second-order valence-corrected chi connectivity index (χ2v) is 6.45. The molecule has 0 aliphatic heterocycles. The van der Waals surface area contributed by atoms with E-state index in [4.69, 9.17) is 0 Å². The molecule has 0 saturated heterocycles. The topological polar surface area (TPSA) is 54.9 Å². The molecule has 1 N–H and O–H groups in total. The van der Waals surface area contributed by atoms with Gasteiger partial charge in [-0.1, -0.05) is 45.5 Å². The second-order valence-electron chi connectivity index (χ2n) is 5.39. The van der Waals surface area contributed by atoms with Gasteiger partial charge in [-0.3, -0.25) is 4.79 Å². The third-order valence-electron chi connectivity index (χ3n) is 2.15. The Labute approximate surface area is 107 Å². The summed E-state index contributed by atoms with van der Waals surface area (Å²) in [6.07, 6.45) is 3.39. The molecule has 96 valence electrons. The van der Waals surface area contributed by atoms with E-state index in [1.165, 1.54) is 11.3 Å². The highest BCUT2D eigenvalue weighted by Gasteiger charge is 2.15. The summed E-state index contributed by atoms with van der Waals surface area (Å²) in [5.74, 6) is 0.0327. The maximum absolute atomic E-state index is 11.5. The Bertz CT molecular complexity index is 368. The first-order valence-corrected chi connectivity index (χ1v) is 6.84. The maximum atomic E-state index is 11.5. The molecule has 1 amide bonds. The predicted molar refractivity (Wildman–Crippen MR) is 71.2 cm³/mol. The van der Waals surface area contributed by atoms with Crippen LogP contribution in [-0.2, 0) is 11.2 Å². The smallest absolute Gasteiger partial charge is 0.226 e. The van der Waals surface area contributed by atoms with Crippen LogP contribution in [-0.4, -0.2) is 16.1 Å². The van der Waals surface area contributed by atoms with Crippen LogP contribution in [0.3, 0.4) is 0 Å². The summed E-state index contributed by atoms with van der Waals surface area (Å²) in [6, 6.07) is 0. The van der Waals surface area contributed by atoms with E-state index in [1.807, 2.05) is 0 Å². The highest BCUT2D eigenvalue weighted by Crippen LogP contribution is 2.24. The highest BCUT2D eigenvalue weighted by atomic mass is 32.1. The van der Waals surface area contributed by atoms with Crippen molar-refractivity contribution in [2.45, 2.75) is 53.4 Å². The molecule has 1 rings (SSSR count). The van der Waals surface area contributed by atoms with Crippen molar-refractivity contribution in [1.29, 1.82) is 0 Å². The van der Waals surface area contributed by atoms with Crippen molar-refractivity contribution in [3.05, 3.63) is 5.01 Å². The Morgan fingerprint density at radius 2 is 2.06 bits per heavy atom. The van der Waals surface area contributed by atoms with E-state index >= 15 is 0 Å². The first-order chi connectivity index (χ1) is 7.90. The van der Waals surface area contributed by atoms with E-state index < -0.39 is 0 Å². The third-order valence-corrected chi connectivity index (χ3v) is 2.99. The van der Waals surface area contributed by atoms with E-state index in [-0.39, 0.29) is 11.3 Å². The van der Waals surface area contributed by atoms with E-state index in [2.05, 4.69) is 43.2 Å². The standard InChI is InChI=1S/C12H21N3OS/c1-5-6-7-9(16)13-11-15-14-10(17-11)8-12(2,3)4/h5-8H2,1-4H3,(H,13,15,16). The zero-order valence-corrected chi connectivity index (χ0v) is 11.9. The normalized spacial score (nSPS) is 11.5. The monoisotopic (exact) mass is 255 g/mol. The minimum Gasteiger partial charge on any atom is -0.301 e. The molecule has 4 nitrogen and oxygen atoms in total. The molecule has 0 aromatic carbocycles. The fourth-order valence-electron chi connectivity index (χ4n) is 1.35. The van der Waals surface area contributed by atoms with Crippen LogP contribution in [0.5, 0.6) is 0 Å². The molecule has 0 spiro atoms. The molecule has 1 aromatic rings. The van der Waals surface area contributed by atoms with Gasteiger partial charge in [0.2, 0.25) is 11.0 Å². The number of carbonyl (C=O) groups is 1. The molecule has 0 aliphatic rings. The first kappa shape index (κ1) is 14.1. The summed E-state index contributed by atoms with van der Waals surface area (Å²) in [4.78, 5) is 11.5. The number of rotatable bonds is 5. The summed E-state index contributed by atoms with van der Waals surface area (Å²) in [5.41, 5.74) is 0.197. The summed E-state index contributed by atoms with van der Waals surface area (Å²) >= 11 is 1.47. The van der Waals surface area contributed by atoms with Crippen LogP contribution in [0.4, 0.5) is 5.13 Å². The van der Waals surface area contributed by atoms with Gasteiger partial charge < -0.3 is 5.32 Å². The molecule has 0 bridgehead atoms. The molecule has 0 radical (unpaired) electrons. The minimum atomic E-state index is 0.0327. The number of amides is 1. The van der Waals surface area contributed by atoms with Crippen molar-refractivity contribution in [1.82, 2.24) is 10.2 Å². The van der Waals surface area contributed by atoms with Crippen molar-refractivity contribution >= 4 is 22.4 Å². The average Bonchev–Trinajstić information content (AvgIpc) is 2.59. The lowest BCUT2D eigenvalue weighted by Crippen LogP contribution is -2.10. The Kier molecular flexibility index (Phi) is 5.05. The molecule has 1 aromatic heterocycles. The van der Waals surface area contributed by atoms with Crippen LogP contribution in [0.2, 0.25) is 0 Å². The van der Waals surface area contributed by atoms with Crippen molar-refractivity contribution in [2.75, 3.05) is 5.32 Å². The number of aromatic nitrogens is 2. The average molecular weight is 255 g/mol. The lowest BCUT2D eigenvalue weighted by Gasteiger charge is -2.14. The van der Waals surface area contributed by atoms with Crippen LogP contribution >= 0.6 is 11.3 Å². The van der Waals surface area contributed by atoms with Gasteiger partial charge in [-0.2, -0.15) is 0 Å². The van der Waals surface area contributed by atoms with Crippen LogP contribution < -0.4 is 5.32 Å². The van der Waals surface area contributed by atoms with E-state index in [1.54, 1.807) is 0 Å². The van der Waals surface area contributed by atoms with Crippen LogP contribution in [0.15, 0.2) is 0 Å². The van der Waals surface area contributed by atoms with Crippen molar-refractivity contribution in [3.63, 3.8) is 0 Å². The summed E-state index contributed by atoms with van der Waals surface area (Å²) in [6.45, 7) is 8.55. The van der Waals surface area contributed by atoms with Crippen molar-refractivity contribution < 1.29 is 4.79 Å². The fourth-order valence-corrected chi connectivity index (χ4v) is 2.40. The van der Waals surface area contributed by atoms with Gasteiger partial charge in [-0.05, 0) is 11.8 Å².